The van der Waals surface area contributed by atoms with Crippen LogP contribution in [0.2, 0.25) is 0 Å². The standard InChI is InChI=1S/C33H41N7O9S/c1-32(2,3)48-30(42)37(17-18-41)15-16-38(31(43)49-33(4,5)6)28-13-14-39-29(36-28)27(22-34-39)24-10-7-9-23(19-24)21-35-50(46,47)26-12-8-11-25(20-26)40(44)45/h7-14,19-20,22,35,41H,15-18,21H2,1-6H3. The Morgan fingerprint density at radius 1 is 0.960 bits per heavy atom. The Balaban J connectivity index is 1.62. The van der Waals surface area contributed by atoms with Gasteiger partial charge < -0.3 is 19.5 Å². The molecule has 0 unspecified atom stereocenters. The Labute approximate surface area is 289 Å². The van der Waals surface area contributed by atoms with Crippen molar-refractivity contribution in [3.8, 4) is 11.1 Å². The number of aliphatic hydroxyl groups excluding tert-OH is 1. The van der Waals surface area contributed by atoms with Crippen LogP contribution in [0.1, 0.15) is 47.1 Å². The number of nitro groups is 1. The molecule has 4 rings (SSSR count). The van der Waals surface area contributed by atoms with E-state index in [1.54, 1.807) is 84.3 Å². The number of nitrogens with one attached hydrogen (secondary N) is 1. The summed E-state index contributed by atoms with van der Waals surface area (Å²) in [6, 6.07) is 13.4. The predicted octanol–water partition coefficient (Wildman–Crippen LogP) is 4.75. The third-order valence-electron chi connectivity index (χ3n) is 6.90. The van der Waals surface area contributed by atoms with Gasteiger partial charge in [0.15, 0.2) is 5.65 Å². The van der Waals surface area contributed by atoms with Gasteiger partial charge in [-0.25, -0.2) is 32.2 Å². The molecule has 2 heterocycles. The average Bonchev–Trinajstić information content (AvgIpc) is 3.45. The zero-order chi connectivity index (χ0) is 36.9. The van der Waals surface area contributed by atoms with Crippen LogP contribution in [0.25, 0.3) is 16.8 Å². The van der Waals surface area contributed by atoms with Crippen LogP contribution in [-0.2, 0) is 26.0 Å². The highest BCUT2D eigenvalue weighted by molar-refractivity contribution is 7.89. The zero-order valence-corrected chi connectivity index (χ0v) is 29.5. The SMILES string of the molecule is CC(C)(C)OC(=O)N(CCO)CCN(C(=O)OC(C)(C)C)c1ccn2ncc(-c3cccc(CNS(=O)(=O)c4cccc([N+](=O)[O-])c4)c3)c2n1. The molecule has 268 valence electrons. The highest BCUT2D eigenvalue weighted by atomic mass is 32.2. The molecule has 50 heavy (non-hydrogen) atoms. The van der Waals surface area contributed by atoms with E-state index in [4.69, 9.17) is 14.5 Å². The molecule has 2 aromatic heterocycles. The molecular formula is C33H41N7O9S. The molecule has 0 bridgehead atoms. The van der Waals surface area contributed by atoms with Gasteiger partial charge in [-0.2, -0.15) is 5.10 Å². The van der Waals surface area contributed by atoms with Crippen LogP contribution in [0.5, 0.6) is 0 Å². The largest absolute Gasteiger partial charge is 0.444 e. The van der Waals surface area contributed by atoms with Crippen LogP contribution in [0.4, 0.5) is 21.1 Å². The Morgan fingerprint density at radius 3 is 2.30 bits per heavy atom. The van der Waals surface area contributed by atoms with Crippen LogP contribution in [0, 0.1) is 10.1 Å². The number of anilines is 1. The van der Waals surface area contributed by atoms with Gasteiger partial charge in [0, 0.05) is 50.1 Å². The van der Waals surface area contributed by atoms with Crippen LogP contribution < -0.4 is 9.62 Å². The second kappa shape index (κ2) is 15.2. The first-order valence-electron chi connectivity index (χ1n) is 15.6. The number of sulfonamides is 1. The van der Waals surface area contributed by atoms with E-state index < -0.39 is 38.3 Å². The molecule has 2 N–H and O–H groups in total. The molecule has 16 nitrogen and oxygen atoms in total. The van der Waals surface area contributed by atoms with E-state index >= 15 is 0 Å². The molecule has 2 aromatic carbocycles. The lowest BCUT2D eigenvalue weighted by Crippen LogP contribution is -2.45. The summed E-state index contributed by atoms with van der Waals surface area (Å²) in [7, 11) is -4.06. The summed E-state index contributed by atoms with van der Waals surface area (Å²) < 4.78 is 40.9. The number of ether oxygens (including phenoxy) is 2. The maximum atomic E-state index is 13.5. The summed E-state index contributed by atoms with van der Waals surface area (Å²) in [4.78, 5) is 43.9. The van der Waals surface area contributed by atoms with Crippen LogP contribution in [0.3, 0.4) is 0 Å². The predicted molar refractivity (Wildman–Crippen MR) is 184 cm³/mol. The van der Waals surface area contributed by atoms with Crippen LogP contribution in [0.15, 0.2) is 71.9 Å². The number of fused-ring (bicyclic) bond motifs is 1. The van der Waals surface area contributed by atoms with Gasteiger partial charge in [-0.15, -0.1) is 0 Å². The van der Waals surface area contributed by atoms with Crippen molar-refractivity contribution in [1.82, 2.24) is 24.2 Å². The summed E-state index contributed by atoms with van der Waals surface area (Å²) in [5, 5.41) is 25.1. The first-order valence-corrected chi connectivity index (χ1v) is 17.1. The molecule has 0 aliphatic carbocycles. The van der Waals surface area contributed by atoms with Crippen molar-refractivity contribution in [2.75, 3.05) is 31.1 Å². The molecule has 0 spiro atoms. The maximum Gasteiger partial charge on any atom is 0.416 e. The van der Waals surface area contributed by atoms with Gasteiger partial charge in [-0.1, -0.05) is 24.3 Å². The van der Waals surface area contributed by atoms with Crippen molar-refractivity contribution >= 4 is 39.4 Å². The van der Waals surface area contributed by atoms with Crippen LogP contribution in [-0.4, -0.2) is 87.6 Å². The smallest absolute Gasteiger partial charge is 0.416 e. The molecule has 4 aromatic rings. The average molecular weight is 712 g/mol. The fourth-order valence-electron chi connectivity index (χ4n) is 4.67. The van der Waals surface area contributed by atoms with Crippen molar-refractivity contribution in [1.29, 1.82) is 0 Å². The number of nitro benzene ring substituents is 1. The Bertz CT molecular complexity index is 1970. The number of aliphatic hydroxyl groups is 1. The molecule has 0 radical (unpaired) electrons. The number of aromatic nitrogens is 3. The van der Waals surface area contributed by atoms with E-state index in [0.717, 1.165) is 6.07 Å². The molecule has 0 fully saturated rings. The van der Waals surface area contributed by atoms with Crippen LogP contribution >= 0.6 is 0 Å². The third-order valence-corrected chi connectivity index (χ3v) is 8.30. The monoisotopic (exact) mass is 711 g/mol. The number of benzene rings is 2. The highest BCUT2D eigenvalue weighted by Gasteiger charge is 2.28. The second-order valence-electron chi connectivity index (χ2n) is 13.2. The Morgan fingerprint density at radius 2 is 1.64 bits per heavy atom. The number of carbonyl (C=O) groups is 2. The molecule has 0 saturated carbocycles. The first kappa shape index (κ1) is 37.7. The molecular weight excluding hydrogens is 670 g/mol. The number of amides is 2. The topological polar surface area (TPSA) is 199 Å². The van der Waals surface area contributed by atoms with Gasteiger partial charge in [0.2, 0.25) is 10.0 Å². The van der Waals surface area contributed by atoms with Gasteiger partial charge in [0.25, 0.3) is 5.69 Å². The van der Waals surface area contributed by atoms with Crippen molar-refractivity contribution in [2.24, 2.45) is 0 Å². The number of rotatable bonds is 12. The summed E-state index contributed by atoms with van der Waals surface area (Å²) in [6.07, 6.45) is 1.85. The summed E-state index contributed by atoms with van der Waals surface area (Å²) in [5.41, 5.74) is 0.250. The molecule has 0 aliphatic heterocycles. The lowest BCUT2D eigenvalue weighted by Gasteiger charge is -2.30. The van der Waals surface area contributed by atoms with E-state index in [2.05, 4.69) is 9.82 Å². The van der Waals surface area contributed by atoms with E-state index in [0.29, 0.717) is 22.3 Å². The lowest BCUT2D eigenvalue weighted by molar-refractivity contribution is -0.385. The number of nitrogens with zero attached hydrogens (tertiary/aromatic N) is 6. The van der Waals surface area contributed by atoms with Gasteiger partial charge in [0.05, 0.1) is 22.6 Å². The Hall–Kier alpha value is -5.13. The number of hydrogen-bond donors (Lipinski definition) is 2. The summed E-state index contributed by atoms with van der Waals surface area (Å²) >= 11 is 0. The minimum absolute atomic E-state index is 0.00196. The number of non-ortho nitro benzene ring substituents is 1. The van der Waals surface area contributed by atoms with Crippen molar-refractivity contribution in [3.63, 3.8) is 0 Å². The minimum Gasteiger partial charge on any atom is -0.444 e. The fraction of sp³-hybridized carbons (Fsp3) is 0.394. The van der Waals surface area contributed by atoms with Gasteiger partial charge in [0.1, 0.15) is 17.0 Å². The quantitative estimate of drug-likeness (QED) is 0.152. The maximum absolute atomic E-state index is 13.5. The molecule has 17 heteroatoms. The van der Waals surface area contributed by atoms with Crippen molar-refractivity contribution in [3.05, 3.63) is 82.7 Å². The second-order valence-corrected chi connectivity index (χ2v) is 15.0. The van der Waals surface area contributed by atoms with Gasteiger partial charge >= 0.3 is 12.2 Å². The van der Waals surface area contributed by atoms with E-state index in [-0.39, 0.29) is 49.2 Å². The van der Waals surface area contributed by atoms with E-state index in [9.17, 15) is 33.2 Å². The van der Waals surface area contributed by atoms with Crippen molar-refractivity contribution in [2.45, 2.75) is 64.2 Å². The third kappa shape index (κ3) is 9.96. The summed E-state index contributed by atoms with van der Waals surface area (Å²) in [5.74, 6) is 0.211. The lowest BCUT2D eigenvalue weighted by atomic mass is 10.1. The van der Waals surface area contributed by atoms with Gasteiger partial charge in [-0.3, -0.25) is 15.0 Å². The molecule has 0 aliphatic rings. The summed E-state index contributed by atoms with van der Waals surface area (Å²) in [6.45, 7) is 9.88. The molecule has 2 amide bonds. The number of hydrogen-bond acceptors (Lipinski definition) is 11. The molecule has 0 atom stereocenters. The van der Waals surface area contributed by atoms with E-state index in [1.165, 1.54) is 32.5 Å². The normalized spacial score (nSPS) is 12.1. The zero-order valence-electron chi connectivity index (χ0n) is 28.7. The minimum atomic E-state index is -4.06. The molecule has 0 saturated heterocycles. The highest BCUT2D eigenvalue weighted by Crippen LogP contribution is 2.27. The van der Waals surface area contributed by atoms with Crippen molar-refractivity contribution < 1.29 is 37.5 Å². The van der Waals surface area contributed by atoms with Gasteiger partial charge in [-0.05, 0) is 70.9 Å². The first-order chi connectivity index (χ1) is 23.4. The Kier molecular flexibility index (Phi) is 11.4. The van der Waals surface area contributed by atoms with E-state index in [1.807, 2.05) is 0 Å². The number of carbonyl (C=O) groups excluding carboxylic acids is 2. The fourth-order valence-corrected chi connectivity index (χ4v) is 5.72.